The smallest absolute Gasteiger partial charge is 0.262 e. The first-order valence-electron chi connectivity index (χ1n) is 9.18. The number of hydrogen-bond donors (Lipinski definition) is 2. The van der Waals surface area contributed by atoms with Gasteiger partial charge in [0.05, 0.1) is 16.9 Å². The highest BCUT2D eigenvalue weighted by Crippen LogP contribution is 2.38. The maximum absolute atomic E-state index is 12.8. The number of benzene rings is 2. The quantitative estimate of drug-likeness (QED) is 0.465. The van der Waals surface area contributed by atoms with Crippen LogP contribution in [0.1, 0.15) is 5.56 Å². The van der Waals surface area contributed by atoms with Crippen LogP contribution in [-0.2, 0) is 10.0 Å². The third-order valence-corrected chi connectivity index (χ3v) is 5.36. The maximum atomic E-state index is 12.8. The molecule has 10 heteroatoms. The lowest BCUT2D eigenvalue weighted by Gasteiger charge is -2.16. The highest BCUT2D eigenvalue weighted by molar-refractivity contribution is 7.92. The second-order valence-corrected chi connectivity index (χ2v) is 8.35. The molecule has 0 atom stereocenters. The number of sulfonamides is 1. The Labute approximate surface area is 178 Å². The van der Waals surface area contributed by atoms with Crippen LogP contribution in [-0.4, -0.2) is 29.4 Å². The van der Waals surface area contributed by atoms with Crippen LogP contribution in [0.2, 0.25) is 0 Å². The van der Waals surface area contributed by atoms with E-state index in [0.717, 1.165) is 5.56 Å². The number of nitrogens with zero attached hydrogens (tertiary/aromatic N) is 3. The molecule has 2 aromatic carbocycles. The van der Waals surface area contributed by atoms with Crippen molar-refractivity contribution in [3.8, 4) is 22.9 Å². The average Bonchev–Trinajstić information content (AvgIpc) is 2.76. The van der Waals surface area contributed by atoms with Crippen molar-refractivity contribution < 1.29 is 17.5 Å². The number of rotatable bonds is 6. The van der Waals surface area contributed by atoms with E-state index in [2.05, 4.69) is 19.7 Å². The number of hydrogen-bond acceptors (Lipinski definition) is 7. The number of nitrogens with one attached hydrogen (secondary N) is 1. The lowest BCUT2D eigenvalue weighted by Crippen LogP contribution is -2.14. The molecule has 0 amide bonds. The summed E-state index contributed by atoms with van der Waals surface area (Å²) in [4.78, 5) is 12.5. The molecule has 4 aromatic rings. The largest absolute Gasteiger partial charge is 0.437 e. The monoisotopic (exact) mass is 439 g/mol. The summed E-state index contributed by atoms with van der Waals surface area (Å²) in [5, 5.41) is 1.20. The van der Waals surface area contributed by atoms with Gasteiger partial charge < -0.3 is 10.5 Å². The number of anilines is 2. The zero-order valence-electron chi connectivity index (χ0n) is 16.4. The molecule has 158 valence electrons. The van der Waals surface area contributed by atoms with Crippen molar-refractivity contribution in [2.24, 2.45) is 0 Å². The van der Waals surface area contributed by atoms with E-state index in [1.807, 2.05) is 6.92 Å². The lowest BCUT2D eigenvalue weighted by molar-refractivity contribution is 0.466. The van der Waals surface area contributed by atoms with Crippen LogP contribution in [0, 0.1) is 6.92 Å². The zero-order valence-corrected chi connectivity index (χ0v) is 17.2. The van der Waals surface area contributed by atoms with Gasteiger partial charge in [0.1, 0.15) is 5.75 Å². The van der Waals surface area contributed by atoms with Crippen molar-refractivity contribution in [1.29, 1.82) is 0 Å². The summed E-state index contributed by atoms with van der Waals surface area (Å²) < 4.78 is 44.7. The molecule has 0 aliphatic carbocycles. The molecular weight excluding hydrogens is 421 g/mol. The van der Waals surface area contributed by atoms with Crippen molar-refractivity contribution in [3.63, 3.8) is 0 Å². The molecule has 0 unspecified atom stereocenters. The van der Waals surface area contributed by atoms with Crippen LogP contribution in [0.15, 0.2) is 60.9 Å². The third kappa shape index (κ3) is 4.24. The first-order chi connectivity index (χ1) is 14.9. The number of fused-ring (bicyclic) bond motifs is 1. The van der Waals surface area contributed by atoms with Gasteiger partial charge in [0.25, 0.3) is 10.0 Å². The van der Waals surface area contributed by atoms with Gasteiger partial charge in [-0.1, -0.05) is 24.3 Å². The Hall–Kier alpha value is -3.79. The SMILES string of the molecule is Cc1ccc2c(NS(=O)(=O)CF)cccc2c1Oc1ncccc1-c1ccnc(N)n1. The fourth-order valence-electron chi connectivity index (χ4n) is 3.15. The van der Waals surface area contributed by atoms with Gasteiger partial charge in [-0.2, -0.15) is 0 Å². The van der Waals surface area contributed by atoms with E-state index >= 15 is 0 Å². The van der Waals surface area contributed by atoms with Crippen LogP contribution in [0.4, 0.5) is 16.0 Å². The fourth-order valence-corrected chi connectivity index (χ4v) is 3.71. The number of nitrogen functional groups attached to an aromatic ring is 1. The van der Waals surface area contributed by atoms with Gasteiger partial charge in [0.2, 0.25) is 17.8 Å². The fraction of sp³-hybridized carbons (Fsp3) is 0.0952. The van der Waals surface area contributed by atoms with Crippen LogP contribution in [0.25, 0.3) is 22.0 Å². The third-order valence-electron chi connectivity index (χ3n) is 4.54. The minimum atomic E-state index is -4.09. The zero-order chi connectivity index (χ0) is 22.0. The first kappa shape index (κ1) is 20.5. The van der Waals surface area contributed by atoms with E-state index in [4.69, 9.17) is 10.5 Å². The molecule has 0 fully saturated rings. The van der Waals surface area contributed by atoms with Crippen molar-refractivity contribution in [2.75, 3.05) is 16.5 Å². The van der Waals surface area contributed by atoms with Crippen molar-refractivity contribution in [1.82, 2.24) is 15.0 Å². The van der Waals surface area contributed by atoms with E-state index in [1.165, 1.54) is 0 Å². The molecule has 2 heterocycles. The summed E-state index contributed by atoms with van der Waals surface area (Å²) >= 11 is 0. The molecule has 0 aliphatic heterocycles. The lowest BCUT2D eigenvalue weighted by atomic mass is 10.0. The minimum Gasteiger partial charge on any atom is -0.437 e. The first-order valence-corrected chi connectivity index (χ1v) is 10.8. The Morgan fingerprint density at radius 2 is 1.87 bits per heavy atom. The van der Waals surface area contributed by atoms with Crippen molar-refractivity contribution >= 4 is 32.4 Å². The molecule has 2 aromatic heterocycles. The number of alkyl halides is 1. The molecule has 0 radical (unpaired) electrons. The number of pyridine rings is 1. The molecule has 0 bridgehead atoms. The second kappa shape index (κ2) is 8.15. The molecular formula is C21H18FN5O3S. The maximum Gasteiger partial charge on any atom is 0.262 e. The Kier molecular flexibility index (Phi) is 5.38. The minimum absolute atomic E-state index is 0.124. The van der Waals surface area contributed by atoms with E-state index in [0.29, 0.717) is 33.7 Å². The van der Waals surface area contributed by atoms with Gasteiger partial charge in [-0.3, -0.25) is 4.72 Å². The highest BCUT2D eigenvalue weighted by atomic mass is 32.2. The number of nitrogens with two attached hydrogens (primary N) is 1. The van der Waals surface area contributed by atoms with E-state index < -0.39 is 16.0 Å². The van der Waals surface area contributed by atoms with Crippen LogP contribution in [0.5, 0.6) is 11.6 Å². The summed E-state index contributed by atoms with van der Waals surface area (Å²) in [5.41, 5.74) is 7.93. The van der Waals surface area contributed by atoms with Gasteiger partial charge in [0.15, 0.2) is 0 Å². The summed E-state index contributed by atoms with van der Waals surface area (Å²) in [6.07, 6.45) is 3.13. The predicted octanol–water partition coefficient (Wildman–Crippen LogP) is 4.04. The molecule has 0 aliphatic rings. The summed E-state index contributed by atoms with van der Waals surface area (Å²) in [6.45, 7) is 1.86. The number of aryl methyl sites for hydroxylation is 1. The van der Waals surface area contributed by atoms with E-state index in [1.54, 1.807) is 60.9 Å². The summed E-state index contributed by atoms with van der Waals surface area (Å²) in [6, 6.07) is 12.3. The van der Waals surface area contributed by atoms with Gasteiger partial charge >= 0.3 is 0 Å². The molecule has 0 saturated carbocycles. The van der Waals surface area contributed by atoms with E-state index in [9.17, 15) is 12.8 Å². The Morgan fingerprint density at radius 3 is 2.65 bits per heavy atom. The number of ether oxygens (including phenoxy) is 1. The molecule has 0 saturated heterocycles. The Morgan fingerprint density at radius 1 is 1.03 bits per heavy atom. The molecule has 31 heavy (non-hydrogen) atoms. The summed E-state index contributed by atoms with van der Waals surface area (Å²) in [7, 11) is -4.09. The normalized spacial score (nSPS) is 11.4. The predicted molar refractivity (Wildman–Crippen MR) is 117 cm³/mol. The van der Waals surface area contributed by atoms with Crippen LogP contribution in [0.3, 0.4) is 0 Å². The topological polar surface area (TPSA) is 120 Å². The van der Waals surface area contributed by atoms with Crippen molar-refractivity contribution in [3.05, 3.63) is 66.5 Å². The summed E-state index contributed by atoms with van der Waals surface area (Å²) in [5.74, 6) is 0.908. The Balaban J connectivity index is 1.83. The number of halogens is 1. The molecule has 8 nitrogen and oxygen atoms in total. The van der Waals surface area contributed by atoms with E-state index in [-0.39, 0.29) is 11.6 Å². The van der Waals surface area contributed by atoms with Gasteiger partial charge in [-0.05, 0) is 36.8 Å². The van der Waals surface area contributed by atoms with Crippen LogP contribution >= 0.6 is 0 Å². The molecule has 4 rings (SSSR count). The molecule has 0 spiro atoms. The van der Waals surface area contributed by atoms with Gasteiger partial charge in [-0.25, -0.2) is 27.8 Å². The van der Waals surface area contributed by atoms with Crippen LogP contribution < -0.4 is 15.2 Å². The van der Waals surface area contributed by atoms with Gasteiger partial charge in [-0.15, -0.1) is 0 Å². The number of aromatic nitrogens is 3. The standard InChI is InChI=1S/C21H18FN5O3S/c1-13-7-8-14-15(4-2-6-18(14)27-31(28,29)12-22)19(13)30-20-16(5-3-10-24-20)17-9-11-25-21(23)26-17/h2-11,27H,12H2,1H3,(H2,23,25,26). The van der Waals surface area contributed by atoms with Crippen molar-refractivity contribution in [2.45, 2.75) is 6.92 Å². The highest BCUT2D eigenvalue weighted by Gasteiger charge is 2.17. The Bertz CT molecular complexity index is 1380. The average molecular weight is 439 g/mol. The second-order valence-electron chi connectivity index (χ2n) is 6.70. The van der Waals surface area contributed by atoms with Gasteiger partial charge in [0, 0.05) is 23.2 Å². The molecule has 3 N–H and O–H groups in total.